The Bertz CT molecular complexity index is 839. The molecule has 0 aliphatic rings. The molecule has 0 heterocycles. The van der Waals surface area contributed by atoms with Crippen LogP contribution in [0.5, 0.6) is 5.75 Å². The number of rotatable bonds is 7. The number of carbonyl (C=O) groups excluding carboxylic acids is 3. The number of anilines is 1. The molecule has 2 aromatic carbocycles. The third kappa shape index (κ3) is 5.06. The summed E-state index contributed by atoms with van der Waals surface area (Å²) in [6.07, 6.45) is 0.0387. The minimum absolute atomic E-state index is 0.0387. The smallest absolute Gasteiger partial charge is 0.256 e. The van der Waals surface area contributed by atoms with Gasteiger partial charge in [0.1, 0.15) is 5.75 Å². The third-order valence-electron chi connectivity index (χ3n) is 3.50. The summed E-state index contributed by atoms with van der Waals surface area (Å²) in [5.41, 5.74) is 6.05. The number of carbonyl (C=O) groups is 3. The van der Waals surface area contributed by atoms with E-state index in [0.29, 0.717) is 21.5 Å². The second kappa shape index (κ2) is 9.00. The molecular formula is C18H18BrN3O4. The highest BCUT2D eigenvalue weighted by molar-refractivity contribution is 9.10. The Balaban J connectivity index is 2.18. The van der Waals surface area contributed by atoms with E-state index in [2.05, 4.69) is 26.6 Å². The Hall–Kier alpha value is -2.87. The highest BCUT2D eigenvalue weighted by Crippen LogP contribution is 2.24. The van der Waals surface area contributed by atoms with Crippen molar-refractivity contribution in [3.05, 3.63) is 58.1 Å². The molecular weight excluding hydrogens is 402 g/mol. The van der Waals surface area contributed by atoms with Gasteiger partial charge in [-0.15, -0.1) is 0 Å². The molecule has 0 radical (unpaired) electrons. The van der Waals surface area contributed by atoms with Crippen LogP contribution in [-0.2, 0) is 4.79 Å². The molecule has 0 saturated carbocycles. The first kappa shape index (κ1) is 19.5. The molecule has 136 valence electrons. The van der Waals surface area contributed by atoms with E-state index in [-0.39, 0.29) is 18.5 Å². The molecule has 0 aliphatic heterocycles. The van der Waals surface area contributed by atoms with Crippen LogP contribution in [0.3, 0.4) is 0 Å². The SMILES string of the molecule is COc1ccc(Br)c(C(=O)Nc2ccccc2C(=O)NCCC(N)=O)c1. The molecule has 0 aromatic heterocycles. The number of hydrogen-bond donors (Lipinski definition) is 3. The lowest BCUT2D eigenvalue weighted by Gasteiger charge is -2.12. The zero-order valence-electron chi connectivity index (χ0n) is 14.0. The van der Waals surface area contributed by atoms with Crippen LogP contribution >= 0.6 is 15.9 Å². The van der Waals surface area contributed by atoms with Crippen molar-refractivity contribution in [1.82, 2.24) is 5.32 Å². The van der Waals surface area contributed by atoms with Crippen LogP contribution in [0.1, 0.15) is 27.1 Å². The van der Waals surface area contributed by atoms with Crippen molar-refractivity contribution < 1.29 is 19.1 Å². The van der Waals surface area contributed by atoms with Gasteiger partial charge in [-0.1, -0.05) is 12.1 Å². The lowest BCUT2D eigenvalue weighted by Crippen LogP contribution is -2.28. The summed E-state index contributed by atoms with van der Waals surface area (Å²) in [6.45, 7) is 0.123. The van der Waals surface area contributed by atoms with Crippen LogP contribution in [0.15, 0.2) is 46.9 Å². The van der Waals surface area contributed by atoms with Gasteiger partial charge in [-0.3, -0.25) is 14.4 Å². The second-order valence-electron chi connectivity index (χ2n) is 5.32. The van der Waals surface area contributed by atoms with Gasteiger partial charge < -0.3 is 21.1 Å². The van der Waals surface area contributed by atoms with E-state index >= 15 is 0 Å². The van der Waals surface area contributed by atoms with Crippen molar-refractivity contribution in [3.8, 4) is 5.75 Å². The van der Waals surface area contributed by atoms with Gasteiger partial charge in [0.05, 0.1) is 23.9 Å². The third-order valence-corrected chi connectivity index (χ3v) is 4.19. The molecule has 0 fully saturated rings. The van der Waals surface area contributed by atoms with Crippen molar-refractivity contribution in [3.63, 3.8) is 0 Å². The van der Waals surface area contributed by atoms with Crippen LogP contribution in [0.2, 0.25) is 0 Å². The first-order chi connectivity index (χ1) is 12.4. The molecule has 7 nitrogen and oxygen atoms in total. The van der Waals surface area contributed by atoms with Gasteiger partial charge in [0.15, 0.2) is 0 Å². The average Bonchev–Trinajstić information content (AvgIpc) is 2.62. The van der Waals surface area contributed by atoms with Crippen molar-refractivity contribution in [2.24, 2.45) is 5.73 Å². The van der Waals surface area contributed by atoms with Gasteiger partial charge in [0, 0.05) is 17.4 Å². The molecule has 26 heavy (non-hydrogen) atoms. The zero-order valence-corrected chi connectivity index (χ0v) is 15.6. The van der Waals surface area contributed by atoms with E-state index in [4.69, 9.17) is 10.5 Å². The van der Waals surface area contributed by atoms with Crippen LogP contribution < -0.4 is 21.1 Å². The second-order valence-corrected chi connectivity index (χ2v) is 6.17. The van der Waals surface area contributed by atoms with Crippen molar-refractivity contribution in [2.45, 2.75) is 6.42 Å². The Morgan fingerprint density at radius 2 is 1.81 bits per heavy atom. The van der Waals surface area contributed by atoms with E-state index in [1.54, 1.807) is 42.5 Å². The fraction of sp³-hybridized carbons (Fsp3) is 0.167. The minimum Gasteiger partial charge on any atom is -0.497 e. The monoisotopic (exact) mass is 419 g/mol. The topological polar surface area (TPSA) is 111 Å². The summed E-state index contributed by atoms with van der Waals surface area (Å²) in [6, 6.07) is 11.6. The molecule has 0 unspecified atom stereocenters. The number of para-hydroxylation sites is 1. The van der Waals surface area contributed by atoms with Crippen LogP contribution in [0, 0.1) is 0 Å². The van der Waals surface area contributed by atoms with Gasteiger partial charge in [-0.05, 0) is 46.3 Å². The number of hydrogen-bond acceptors (Lipinski definition) is 4. The molecule has 2 aromatic rings. The summed E-state index contributed by atoms with van der Waals surface area (Å²) < 4.78 is 5.73. The number of nitrogens with two attached hydrogens (primary N) is 1. The highest BCUT2D eigenvalue weighted by Gasteiger charge is 2.16. The predicted octanol–water partition coefficient (Wildman–Crippen LogP) is 2.32. The summed E-state index contributed by atoms with van der Waals surface area (Å²) in [7, 11) is 1.51. The quantitative estimate of drug-likeness (QED) is 0.639. The van der Waals surface area contributed by atoms with E-state index in [1.165, 1.54) is 7.11 Å². The minimum atomic E-state index is -0.505. The maximum atomic E-state index is 12.6. The largest absolute Gasteiger partial charge is 0.497 e. The van der Waals surface area contributed by atoms with Crippen molar-refractivity contribution in [2.75, 3.05) is 19.0 Å². The first-order valence-corrected chi connectivity index (χ1v) is 8.52. The van der Waals surface area contributed by atoms with Crippen molar-refractivity contribution >= 4 is 39.3 Å². The summed E-state index contributed by atoms with van der Waals surface area (Å²) >= 11 is 3.33. The molecule has 0 spiro atoms. The summed E-state index contributed by atoms with van der Waals surface area (Å²) in [5.74, 6) is -0.773. The fourth-order valence-corrected chi connectivity index (χ4v) is 2.61. The summed E-state index contributed by atoms with van der Waals surface area (Å²) in [5, 5.41) is 5.32. The number of nitrogens with one attached hydrogen (secondary N) is 2. The first-order valence-electron chi connectivity index (χ1n) is 7.72. The normalized spacial score (nSPS) is 10.1. The van der Waals surface area contributed by atoms with Crippen LogP contribution in [0.4, 0.5) is 5.69 Å². The van der Waals surface area contributed by atoms with Gasteiger partial charge >= 0.3 is 0 Å². The number of primary amides is 1. The van der Waals surface area contributed by atoms with Gasteiger partial charge in [0.25, 0.3) is 11.8 Å². The van der Waals surface area contributed by atoms with Crippen molar-refractivity contribution in [1.29, 1.82) is 0 Å². The molecule has 0 bridgehead atoms. The number of amides is 3. The lowest BCUT2D eigenvalue weighted by molar-refractivity contribution is -0.117. The van der Waals surface area contributed by atoms with Gasteiger partial charge in [-0.2, -0.15) is 0 Å². The molecule has 0 saturated heterocycles. The Morgan fingerprint density at radius 3 is 2.50 bits per heavy atom. The number of methoxy groups -OCH3 is 1. The maximum Gasteiger partial charge on any atom is 0.256 e. The Morgan fingerprint density at radius 1 is 1.08 bits per heavy atom. The van der Waals surface area contributed by atoms with Gasteiger partial charge in [-0.25, -0.2) is 0 Å². The van der Waals surface area contributed by atoms with E-state index in [1.807, 2.05) is 0 Å². The average molecular weight is 420 g/mol. The lowest BCUT2D eigenvalue weighted by atomic mass is 10.1. The van der Waals surface area contributed by atoms with Crippen LogP contribution in [0.25, 0.3) is 0 Å². The van der Waals surface area contributed by atoms with Gasteiger partial charge in [0.2, 0.25) is 5.91 Å². The predicted molar refractivity (Wildman–Crippen MR) is 101 cm³/mol. The molecule has 8 heteroatoms. The number of ether oxygens (including phenoxy) is 1. The van der Waals surface area contributed by atoms with E-state index < -0.39 is 17.7 Å². The molecule has 4 N–H and O–H groups in total. The Kier molecular flexibility index (Phi) is 6.74. The van der Waals surface area contributed by atoms with E-state index in [9.17, 15) is 14.4 Å². The molecule has 2 rings (SSSR count). The molecule has 0 aliphatic carbocycles. The molecule has 0 atom stereocenters. The van der Waals surface area contributed by atoms with E-state index in [0.717, 1.165) is 0 Å². The molecule has 3 amide bonds. The highest BCUT2D eigenvalue weighted by atomic mass is 79.9. The Labute approximate surface area is 159 Å². The number of halogens is 1. The summed E-state index contributed by atoms with van der Waals surface area (Å²) in [4.78, 5) is 35.7. The van der Waals surface area contributed by atoms with Crippen LogP contribution in [-0.4, -0.2) is 31.4 Å². The standard InChI is InChI=1S/C18H18BrN3O4/c1-26-11-6-7-14(19)13(10-11)18(25)22-15-5-3-2-4-12(15)17(24)21-9-8-16(20)23/h2-7,10H,8-9H2,1H3,(H2,20,23)(H,21,24)(H,22,25). The number of benzene rings is 2. The maximum absolute atomic E-state index is 12.6. The fourth-order valence-electron chi connectivity index (χ4n) is 2.18. The zero-order chi connectivity index (χ0) is 19.1.